The number of likely N-dealkylation sites (tertiary alicyclic amines) is 1. The number of Topliss-reactive ketones (excluding diaryl/α,β-unsaturated/α-hetero) is 1. The number of aromatic nitrogens is 3. The van der Waals surface area contributed by atoms with Crippen molar-refractivity contribution in [3.8, 4) is 17.4 Å². The molecule has 3 fully saturated rings. The zero-order valence-electron chi connectivity index (χ0n) is 27.4. The Balaban J connectivity index is 1.43. The highest BCUT2D eigenvalue weighted by Crippen LogP contribution is 2.60. The summed E-state index contributed by atoms with van der Waals surface area (Å²) in [5.74, 6) is -3.55. The summed E-state index contributed by atoms with van der Waals surface area (Å²) in [6.45, 7) is 8.92. The molecule has 0 aromatic carbocycles. The number of amides is 2. The van der Waals surface area contributed by atoms with Gasteiger partial charge in [0.1, 0.15) is 6.10 Å². The van der Waals surface area contributed by atoms with Gasteiger partial charge in [-0.25, -0.2) is 13.4 Å². The summed E-state index contributed by atoms with van der Waals surface area (Å²) >= 11 is 0. The van der Waals surface area contributed by atoms with Crippen molar-refractivity contribution in [2.45, 2.75) is 82.3 Å². The van der Waals surface area contributed by atoms with Gasteiger partial charge in [0, 0.05) is 25.2 Å². The molecule has 0 spiro atoms. The van der Waals surface area contributed by atoms with Gasteiger partial charge in [-0.15, -0.1) is 6.58 Å². The van der Waals surface area contributed by atoms with E-state index < -0.39 is 79.8 Å². The van der Waals surface area contributed by atoms with Crippen LogP contribution in [0, 0.1) is 16.7 Å². The van der Waals surface area contributed by atoms with Crippen molar-refractivity contribution < 1.29 is 42.2 Å². The SMILES string of the molecule is C=CC1(O)C[C@]1(CC(=O)[C@@H]1C[C@@H](Oc2nccc(-c3ccccn3)n2)CN1C(=O)[C@@H](CC(=O)OC)C(C)(C)C)C(=O)NS(=O)(=O)C1CC1. The minimum Gasteiger partial charge on any atom is -0.469 e. The predicted octanol–water partition coefficient (Wildman–Crippen LogP) is 1.99. The van der Waals surface area contributed by atoms with E-state index in [0.29, 0.717) is 24.2 Å². The van der Waals surface area contributed by atoms with E-state index in [1.807, 2.05) is 6.07 Å². The highest BCUT2D eigenvalue weighted by Gasteiger charge is 2.71. The number of pyridine rings is 1. The van der Waals surface area contributed by atoms with Gasteiger partial charge in [0.2, 0.25) is 21.8 Å². The molecule has 0 bridgehead atoms. The lowest BCUT2D eigenvalue weighted by Gasteiger charge is -2.34. The van der Waals surface area contributed by atoms with Crippen molar-refractivity contribution in [3.63, 3.8) is 0 Å². The zero-order valence-corrected chi connectivity index (χ0v) is 28.2. The van der Waals surface area contributed by atoms with Crippen LogP contribution in [0.1, 0.15) is 59.3 Å². The molecular formula is C33H41N5O9S. The molecule has 2 amide bonds. The normalized spacial score (nSPS) is 25.9. The molecule has 1 unspecified atom stereocenters. The number of nitrogens with one attached hydrogen (secondary N) is 1. The van der Waals surface area contributed by atoms with Crippen LogP contribution in [-0.2, 0) is 33.9 Å². The molecule has 14 nitrogen and oxygen atoms in total. The maximum absolute atomic E-state index is 14.2. The molecule has 3 heterocycles. The average Bonchev–Trinajstić information content (AvgIpc) is 3.95. The Labute approximate surface area is 279 Å². The van der Waals surface area contributed by atoms with Gasteiger partial charge in [0.25, 0.3) is 0 Å². The van der Waals surface area contributed by atoms with Gasteiger partial charge in [0.05, 0.1) is 59.7 Å². The Kier molecular flexibility index (Phi) is 9.49. The third-order valence-corrected chi connectivity index (χ3v) is 11.2. The standard InChI is InChI=1S/C33H41N5O9S/c1-6-33(43)19-32(33,29(42)37-48(44,45)21-10-11-21)17-26(39)25-15-20(18-38(25)28(41)22(31(2,3)4)16-27(40)46-5)47-30-35-14-12-24(36-30)23-9-7-8-13-34-23/h6-9,12-14,20-22,25,43H,1,10-11,15-19H2,2-5H3,(H,37,42)/t20-,22-,25+,32-,33?/m1/s1. The van der Waals surface area contributed by atoms with Crippen LogP contribution in [0.2, 0.25) is 0 Å². The molecule has 2 aromatic heterocycles. The lowest BCUT2D eigenvalue weighted by Crippen LogP contribution is -2.49. The molecule has 2 saturated carbocycles. The Bertz CT molecular complexity index is 1710. The predicted molar refractivity (Wildman–Crippen MR) is 171 cm³/mol. The second kappa shape index (κ2) is 13.0. The molecule has 1 saturated heterocycles. The Hall–Kier alpha value is -4.24. The second-order valence-corrected chi connectivity index (χ2v) is 15.8. The van der Waals surface area contributed by atoms with E-state index in [-0.39, 0.29) is 31.8 Å². The van der Waals surface area contributed by atoms with Crippen LogP contribution in [-0.4, -0.2) is 93.6 Å². The third kappa shape index (κ3) is 7.11. The van der Waals surface area contributed by atoms with Gasteiger partial charge < -0.3 is 19.5 Å². The van der Waals surface area contributed by atoms with Crippen molar-refractivity contribution in [2.24, 2.45) is 16.7 Å². The molecule has 48 heavy (non-hydrogen) atoms. The fourth-order valence-electron chi connectivity index (χ4n) is 6.21. The first-order valence-electron chi connectivity index (χ1n) is 15.8. The minimum absolute atomic E-state index is 0.00469. The Morgan fingerprint density at radius 1 is 1.15 bits per heavy atom. The highest BCUT2D eigenvalue weighted by atomic mass is 32.2. The summed E-state index contributed by atoms with van der Waals surface area (Å²) in [7, 11) is -2.75. The number of carbonyl (C=O) groups excluding carboxylic acids is 4. The molecule has 0 radical (unpaired) electrons. The summed E-state index contributed by atoms with van der Waals surface area (Å²) in [5.41, 5.74) is -3.25. The van der Waals surface area contributed by atoms with Gasteiger partial charge >= 0.3 is 12.0 Å². The quantitative estimate of drug-likeness (QED) is 0.231. The zero-order chi connectivity index (χ0) is 35.1. The first kappa shape index (κ1) is 35.1. The van der Waals surface area contributed by atoms with Crippen molar-refractivity contribution in [2.75, 3.05) is 13.7 Å². The number of ketones is 1. The van der Waals surface area contributed by atoms with Crippen LogP contribution in [0.15, 0.2) is 49.3 Å². The molecule has 5 atom stereocenters. The fraction of sp³-hybridized carbons (Fsp3) is 0.545. The Morgan fingerprint density at radius 2 is 1.88 bits per heavy atom. The molecule has 3 aliphatic rings. The fourth-order valence-corrected chi connectivity index (χ4v) is 7.59. The maximum Gasteiger partial charge on any atom is 0.317 e. The van der Waals surface area contributed by atoms with E-state index in [9.17, 15) is 32.7 Å². The number of esters is 1. The number of aliphatic hydroxyl groups is 1. The van der Waals surface area contributed by atoms with Crippen molar-refractivity contribution in [1.29, 1.82) is 0 Å². The first-order chi connectivity index (χ1) is 22.5. The molecule has 2 aromatic rings. The first-order valence-corrected chi connectivity index (χ1v) is 17.3. The van der Waals surface area contributed by atoms with Gasteiger partial charge in [-0.2, -0.15) is 4.98 Å². The number of rotatable bonds is 13. The van der Waals surface area contributed by atoms with E-state index in [1.54, 1.807) is 45.2 Å². The molecule has 5 rings (SSSR count). The molecule has 15 heteroatoms. The molecule has 2 aliphatic carbocycles. The van der Waals surface area contributed by atoms with Crippen LogP contribution >= 0.6 is 0 Å². The number of hydrogen-bond donors (Lipinski definition) is 2. The van der Waals surface area contributed by atoms with Crippen molar-refractivity contribution in [1.82, 2.24) is 24.6 Å². The summed E-state index contributed by atoms with van der Waals surface area (Å²) in [5, 5.41) is 10.4. The highest BCUT2D eigenvalue weighted by molar-refractivity contribution is 7.90. The van der Waals surface area contributed by atoms with E-state index in [0.717, 1.165) is 6.08 Å². The number of methoxy groups -OCH3 is 1. The number of nitrogens with zero attached hydrogens (tertiary/aromatic N) is 4. The van der Waals surface area contributed by atoms with Crippen LogP contribution in [0.5, 0.6) is 6.01 Å². The van der Waals surface area contributed by atoms with Crippen LogP contribution in [0.3, 0.4) is 0 Å². The van der Waals surface area contributed by atoms with Crippen LogP contribution in [0.25, 0.3) is 11.4 Å². The van der Waals surface area contributed by atoms with Crippen molar-refractivity contribution >= 4 is 33.6 Å². The Morgan fingerprint density at radius 3 is 2.46 bits per heavy atom. The summed E-state index contributed by atoms with van der Waals surface area (Å²) < 4.78 is 38.3. The van der Waals surface area contributed by atoms with Crippen LogP contribution in [0.4, 0.5) is 0 Å². The van der Waals surface area contributed by atoms with Gasteiger partial charge in [-0.3, -0.25) is 28.9 Å². The molecule has 2 N–H and O–H groups in total. The molecule has 258 valence electrons. The number of ether oxygens (including phenoxy) is 2. The second-order valence-electron chi connectivity index (χ2n) is 13.8. The van der Waals surface area contributed by atoms with Crippen molar-refractivity contribution in [3.05, 3.63) is 49.3 Å². The smallest absolute Gasteiger partial charge is 0.317 e. The summed E-state index contributed by atoms with van der Waals surface area (Å²) in [6, 6.07) is 5.87. The summed E-state index contributed by atoms with van der Waals surface area (Å²) in [6.07, 6.45) is 3.28. The molecule has 1 aliphatic heterocycles. The largest absolute Gasteiger partial charge is 0.469 e. The van der Waals surface area contributed by atoms with E-state index >= 15 is 0 Å². The van der Waals surface area contributed by atoms with Gasteiger partial charge in [0.15, 0.2) is 5.78 Å². The number of carbonyl (C=O) groups is 4. The van der Waals surface area contributed by atoms with E-state index in [2.05, 4.69) is 26.3 Å². The summed E-state index contributed by atoms with van der Waals surface area (Å²) in [4.78, 5) is 68.5. The lowest BCUT2D eigenvalue weighted by molar-refractivity contribution is -0.151. The monoisotopic (exact) mass is 683 g/mol. The van der Waals surface area contributed by atoms with Gasteiger partial charge in [-0.1, -0.05) is 32.9 Å². The van der Waals surface area contributed by atoms with E-state index in [4.69, 9.17) is 9.47 Å². The number of hydrogen-bond acceptors (Lipinski definition) is 12. The van der Waals surface area contributed by atoms with Gasteiger partial charge in [-0.05, 0) is 42.9 Å². The third-order valence-electron chi connectivity index (χ3n) is 9.41. The maximum atomic E-state index is 14.2. The van der Waals surface area contributed by atoms with Crippen LogP contribution < -0.4 is 9.46 Å². The number of sulfonamides is 1. The minimum atomic E-state index is -3.98. The average molecular weight is 684 g/mol. The van der Waals surface area contributed by atoms with E-state index in [1.165, 1.54) is 18.2 Å². The lowest BCUT2D eigenvalue weighted by atomic mass is 9.77. The molecular weight excluding hydrogens is 642 g/mol. The topological polar surface area (TPSA) is 195 Å².